The fourth-order valence-corrected chi connectivity index (χ4v) is 2.21. The van der Waals surface area contributed by atoms with Crippen LogP contribution in [0.1, 0.15) is 17.3 Å². The van der Waals surface area contributed by atoms with Crippen molar-refractivity contribution >= 4 is 0 Å². The lowest BCUT2D eigenvalue weighted by Gasteiger charge is -2.15. The third-order valence-electron chi connectivity index (χ3n) is 3.23. The van der Waals surface area contributed by atoms with Gasteiger partial charge in [0.05, 0.1) is 24.3 Å². The zero-order valence-corrected chi connectivity index (χ0v) is 10.8. The van der Waals surface area contributed by atoms with Crippen molar-refractivity contribution in [1.82, 2.24) is 9.55 Å². The van der Waals surface area contributed by atoms with E-state index < -0.39 is 0 Å². The van der Waals surface area contributed by atoms with Gasteiger partial charge in [0, 0.05) is 5.69 Å². The number of halogens is 1. The van der Waals surface area contributed by atoms with E-state index in [-0.39, 0.29) is 11.9 Å². The van der Waals surface area contributed by atoms with Crippen LogP contribution in [-0.4, -0.2) is 9.55 Å². The quantitative estimate of drug-likeness (QED) is 0.792. The van der Waals surface area contributed by atoms with Gasteiger partial charge in [-0.1, -0.05) is 36.4 Å². The molecule has 0 saturated carbocycles. The van der Waals surface area contributed by atoms with E-state index in [1.54, 1.807) is 23.2 Å². The standard InChI is InChI=1S/C16H14FN3/c17-13-7-4-8-14(9-13)20-11-19-10-15(20)16(18)12-5-2-1-3-6-12/h1-11,16H,18H2. The Balaban J connectivity index is 2.03. The summed E-state index contributed by atoms with van der Waals surface area (Å²) in [5.41, 5.74) is 8.81. The number of nitrogens with zero attached hydrogens (tertiary/aromatic N) is 2. The van der Waals surface area contributed by atoms with Crippen LogP contribution < -0.4 is 5.73 Å². The van der Waals surface area contributed by atoms with E-state index in [1.165, 1.54) is 12.1 Å². The van der Waals surface area contributed by atoms with Gasteiger partial charge in [-0.3, -0.25) is 0 Å². The molecule has 0 fully saturated rings. The van der Waals surface area contributed by atoms with Crippen LogP contribution in [0, 0.1) is 5.82 Å². The van der Waals surface area contributed by atoms with Gasteiger partial charge >= 0.3 is 0 Å². The minimum absolute atomic E-state index is 0.282. The Morgan fingerprint density at radius 3 is 2.60 bits per heavy atom. The molecule has 2 N–H and O–H groups in total. The molecule has 1 atom stereocenters. The van der Waals surface area contributed by atoms with Crippen LogP contribution in [0.15, 0.2) is 67.1 Å². The van der Waals surface area contributed by atoms with Crippen molar-refractivity contribution in [2.75, 3.05) is 0 Å². The molecule has 0 spiro atoms. The van der Waals surface area contributed by atoms with Crippen molar-refractivity contribution in [3.05, 3.63) is 84.2 Å². The number of hydrogen-bond donors (Lipinski definition) is 1. The van der Waals surface area contributed by atoms with Gasteiger partial charge in [0.25, 0.3) is 0 Å². The van der Waals surface area contributed by atoms with Crippen LogP contribution in [-0.2, 0) is 0 Å². The molecule has 0 radical (unpaired) electrons. The number of hydrogen-bond acceptors (Lipinski definition) is 2. The van der Waals surface area contributed by atoms with E-state index in [4.69, 9.17) is 5.73 Å². The average molecular weight is 267 g/mol. The van der Waals surface area contributed by atoms with Crippen molar-refractivity contribution in [3.8, 4) is 5.69 Å². The average Bonchev–Trinajstić information content (AvgIpc) is 2.97. The minimum Gasteiger partial charge on any atom is -0.319 e. The summed E-state index contributed by atoms with van der Waals surface area (Å²) in [6.45, 7) is 0. The van der Waals surface area contributed by atoms with Gasteiger partial charge in [-0.2, -0.15) is 0 Å². The monoisotopic (exact) mass is 267 g/mol. The second-order valence-electron chi connectivity index (χ2n) is 4.56. The molecule has 100 valence electrons. The van der Waals surface area contributed by atoms with E-state index in [0.717, 1.165) is 11.3 Å². The highest BCUT2D eigenvalue weighted by Crippen LogP contribution is 2.22. The largest absolute Gasteiger partial charge is 0.319 e. The molecule has 0 bridgehead atoms. The fourth-order valence-electron chi connectivity index (χ4n) is 2.21. The SMILES string of the molecule is NC(c1ccccc1)c1cncn1-c1cccc(F)c1. The Labute approximate surface area is 116 Å². The van der Waals surface area contributed by atoms with E-state index in [2.05, 4.69) is 4.98 Å². The molecular weight excluding hydrogens is 253 g/mol. The Morgan fingerprint density at radius 2 is 1.85 bits per heavy atom. The first-order valence-corrected chi connectivity index (χ1v) is 6.34. The predicted molar refractivity (Wildman–Crippen MR) is 76.0 cm³/mol. The summed E-state index contributed by atoms with van der Waals surface area (Å²) in [6, 6.07) is 15.8. The minimum atomic E-state index is -0.304. The zero-order valence-electron chi connectivity index (χ0n) is 10.8. The Kier molecular flexibility index (Phi) is 3.31. The molecule has 1 aromatic heterocycles. The summed E-state index contributed by atoms with van der Waals surface area (Å²) in [5, 5.41) is 0. The van der Waals surface area contributed by atoms with Gasteiger partial charge < -0.3 is 10.3 Å². The highest BCUT2D eigenvalue weighted by molar-refractivity contribution is 5.37. The van der Waals surface area contributed by atoms with Gasteiger partial charge in [-0.25, -0.2) is 9.37 Å². The first kappa shape index (κ1) is 12.6. The molecular formula is C16H14FN3. The van der Waals surface area contributed by atoms with Gasteiger partial charge in [-0.15, -0.1) is 0 Å². The lowest BCUT2D eigenvalue weighted by Crippen LogP contribution is -2.15. The number of imidazole rings is 1. The molecule has 3 aromatic rings. The van der Waals surface area contributed by atoms with Gasteiger partial charge in [-0.05, 0) is 23.8 Å². The first-order valence-electron chi connectivity index (χ1n) is 6.34. The number of aromatic nitrogens is 2. The Morgan fingerprint density at radius 1 is 1.05 bits per heavy atom. The molecule has 3 rings (SSSR count). The lowest BCUT2D eigenvalue weighted by atomic mass is 10.1. The molecule has 0 aliphatic heterocycles. The van der Waals surface area contributed by atoms with Crippen LogP contribution in [0.5, 0.6) is 0 Å². The third-order valence-corrected chi connectivity index (χ3v) is 3.23. The summed E-state index contributed by atoms with van der Waals surface area (Å²) in [4.78, 5) is 4.14. The van der Waals surface area contributed by atoms with Gasteiger partial charge in [0.15, 0.2) is 0 Å². The van der Waals surface area contributed by atoms with Crippen molar-refractivity contribution < 1.29 is 4.39 Å². The van der Waals surface area contributed by atoms with Crippen molar-refractivity contribution in [2.45, 2.75) is 6.04 Å². The van der Waals surface area contributed by atoms with Crippen LogP contribution in [0.3, 0.4) is 0 Å². The van der Waals surface area contributed by atoms with E-state index in [0.29, 0.717) is 5.69 Å². The third kappa shape index (κ3) is 2.33. The summed E-state index contributed by atoms with van der Waals surface area (Å²) in [5.74, 6) is -0.282. The summed E-state index contributed by atoms with van der Waals surface area (Å²) >= 11 is 0. The molecule has 3 nitrogen and oxygen atoms in total. The van der Waals surface area contributed by atoms with E-state index in [9.17, 15) is 4.39 Å². The lowest BCUT2D eigenvalue weighted by molar-refractivity contribution is 0.626. The molecule has 4 heteroatoms. The smallest absolute Gasteiger partial charge is 0.125 e. The topological polar surface area (TPSA) is 43.8 Å². The maximum absolute atomic E-state index is 13.3. The first-order chi connectivity index (χ1) is 9.75. The van der Waals surface area contributed by atoms with E-state index >= 15 is 0 Å². The maximum atomic E-state index is 13.3. The molecule has 20 heavy (non-hydrogen) atoms. The normalized spacial score (nSPS) is 12.3. The van der Waals surface area contributed by atoms with E-state index in [1.807, 2.05) is 36.4 Å². The van der Waals surface area contributed by atoms with Crippen molar-refractivity contribution in [3.63, 3.8) is 0 Å². The molecule has 1 heterocycles. The summed E-state index contributed by atoms with van der Waals surface area (Å²) in [7, 11) is 0. The zero-order chi connectivity index (χ0) is 13.9. The predicted octanol–water partition coefficient (Wildman–Crippen LogP) is 3.06. The summed E-state index contributed by atoms with van der Waals surface area (Å²) in [6.07, 6.45) is 3.36. The second kappa shape index (κ2) is 5.27. The van der Waals surface area contributed by atoms with Gasteiger partial charge in [0.1, 0.15) is 5.82 Å². The van der Waals surface area contributed by atoms with Crippen LogP contribution in [0.25, 0.3) is 5.69 Å². The van der Waals surface area contributed by atoms with Crippen LogP contribution in [0.2, 0.25) is 0 Å². The molecule has 0 saturated heterocycles. The highest BCUT2D eigenvalue weighted by atomic mass is 19.1. The second-order valence-corrected chi connectivity index (χ2v) is 4.56. The Bertz CT molecular complexity index is 707. The highest BCUT2D eigenvalue weighted by Gasteiger charge is 2.14. The number of benzene rings is 2. The molecule has 0 amide bonds. The number of nitrogens with two attached hydrogens (primary N) is 1. The van der Waals surface area contributed by atoms with Gasteiger partial charge in [0.2, 0.25) is 0 Å². The molecule has 2 aromatic carbocycles. The van der Waals surface area contributed by atoms with Crippen molar-refractivity contribution in [2.24, 2.45) is 5.73 Å². The van der Waals surface area contributed by atoms with Crippen LogP contribution >= 0.6 is 0 Å². The number of rotatable bonds is 3. The van der Waals surface area contributed by atoms with Crippen LogP contribution in [0.4, 0.5) is 4.39 Å². The summed E-state index contributed by atoms with van der Waals surface area (Å²) < 4.78 is 15.2. The fraction of sp³-hybridized carbons (Fsp3) is 0.0625. The molecule has 1 unspecified atom stereocenters. The Hall–Kier alpha value is -2.46. The molecule has 0 aliphatic carbocycles. The maximum Gasteiger partial charge on any atom is 0.125 e. The molecule has 0 aliphatic rings. The van der Waals surface area contributed by atoms with Crippen molar-refractivity contribution in [1.29, 1.82) is 0 Å².